The van der Waals surface area contributed by atoms with E-state index in [4.69, 9.17) is 5.84 Å². The Labute approximate surface area is 118 Å². The summed E-state index contributed by atoms with van der Waals surface area (Å²) in [5.74, 6) is 0.788. The molecule has 1 heterocycles. The van der Waals surface area contributed by atoms with Crippen LogP contribution in [0, 0.1) is 11.6 Å². The lowest BCUT2D eigenvalue weighted by molar-refractivity contribution is -0.121. The van der Waals surface area contributed by atoms with Gasteiger partial charge >= 0.3 is 0 Å². The first-order chi connectivity index (χ1) is 9.95. The fourth-order valence-electron chi connectivity index (χ4n) is 2.19. The third-order valence-electron chi connectivity index (χ3n) is 3.19. The number of hydrazine groups is 1. The molecule has 3 N–H and O–H groups in total. The zero-order valence-corrected chi connectivity index (χ0v) is 11.0. The number of Topliss-reactive ketones (excluding diaryl/α,β-unsaturated/α-hetero) is 1. The van der Waals surface area contributed by atoms with Crippen LogP contribution in [0.15, 0.2) is 12.1 Å². The molecule has 0 saturated heterocycles. The number of rotatable bonds is 5. The van der Waals surface area contributed by atoms with Gasteiger partial charge < -0.3 is 4.90 Å². The Morgan fingerprint density at radius 2 is 1.95 bits per heavy atom. The van der Waals surface area contributed by atoms with Crippen molar-refractivity contribution in [2.45, 2.75) is 19.3 Å². The van der Waals surface area contributed by atoms with Crippen molar-refractivity contribution in [1.29, 1.82) is 0 Å². The molecule has 0 unspecified atom stereocenters. The summed E-state index contributed by atoms with van der Waals surface area (Å²) in [5.41, 5.74) is 1.50. The topological polar surface area (TPSA) is 92.5 Å². The number of fused-ring (bicyclic) bond motifs is 1. The van der Waals surface area contributed by atoms with Gasteiger partial charge in [-0.15, -0.1) is 0 Å². The van der Waals surface area contributed by atoms with E-state index >= 15 is 0 Å². The molecule has 0 aromatic heterocycles. The fraction of sp³-hybridized carbons (Fsp3) is 0.308. The number of carbonyl (C=O) groups is 3. The zero-order valence-electron chi connectivity index (χ0n) is 11.0. The van der Waals surface area contributed by atoms with Crippen LogP contribution < -0.4 is 16.2 Å². The van der Waals surface area contributed by atoms with E-state index in [1.54, 1.807) is 0 Å². The van der Waals surface area contributed by atoms with Gasteiger partial charge in [0, 0.05) is 19.0 Å². The first-order valence-electron chi connectivity index (χ1n) is 6.30. The summed E-state index contributed by atoms with van der Waals surface area (Å²) in [6.45, 7) is 0.0956. The number of anilines is 1. The van der Waals surface area contributed by atoms with E-state index in [1.165, 1.54) is 0 Å². The molecule has 0 spiro atoms. The number of hydrogen-bond donors (Lipinski definition) is 2. The molecule has 112 valence electrons. The Morgan fingerprint density at radius 1 is 1.24 bits per heavy atom. The van der Waals surface area contributed by atoms with Crippen molar-refractivity contribution in [3.05, 3.63) is 29.3 Å². The van der Waals surface area contributed by atoms with Gasteiger partial charge in [-0.1, -0.05) is 0 Å². The highest BCUT2D eigenvalue weighted by Gasteiger charge is 2.38. The highest BCUT2D eigenvalue weighted by Crippen LogP contribution is 2.32. The third kappa shape index (κ3) is 2.89. The van der Waals surface area contributed by atoms with Crippen molar-refractivity contribution >= 4 is 23.3 Å². The van der Waals surface area contributed by atoms with E-state index in [-0.39, 0.29) is 24.6 Å². The molecule has 0 saturated carbocycles. The lowest BCUT2D eigenvalue weighted by Crippen LogP contribution is -2.32. The van der Waals surface area contributed by atoms with Gasteiger partial charge in [0.05, 0.1) is 11.3 Å². The highest BCUT2D eigenvalue weighted by atomic mass is 19.1. The molecule has 1 aliphatic heterocycles. The van der Waals surface area contributed by atoms with E-state index in [0.717, 1.165) is 11.0 Å². The Morgan fingerprint density at radius 3 is 2.62 bits per heavy atom. The van der Waals surface area contributed by atoms with Crippen molar-refractivity contribution < 1.29 is 23.2 Å². The van der Waals surface area contributed by atoms with Crippen LogP contribution in [0.4, 0.5) is 14.5 Å². The maximum atomic E-state index is 13.6. The lowest BCUT2D eigenvalue weighted by Gasteiger charge is -2.16. The number of carbonyl (C=O) groups excluding carboxylic acids is 3. The summed E-state index contributed by atoms with van der Waals surface area (Å²) < 4.78 is 26.8. The van der Waals surface area contributed by atoms with Gasteiger partial charge in [0.15, 0.2) is 0 Å². The van der Waals surface area contributed by atoms with Crippen molar-refractivity contribution in [2.75, 3.05) is 11.4 Å². The van der Waals surface area contributed by atoms with Crippen LogP contribution in [-0.4, -0.2) is 24.1 Å². The van der Waals surface area contributed by atoms with Gasteiger partial charge in [-0.3, -0.25) is 19.8 Å². The molecule has 1 aromatic rings. The molecule has 0 atom stereocenters. The van der Waals surface area contributed by atoms with Crippen LogP contribution in [0.25, 0.3) is 0 Å². The molecule has 0 fully saturated rings. The van der Waals surface area contributed by atoms with E-state index < -0.39 is 28.9 Å². The minimum Gasteiger partial charge on any atom is -0.305 e. The van der Waals surface area contributed by atoms with Gasteiger partial charge in [0.1, 0.15) is 11.6 Å². The lowest BCUT2D eigenvalue weighted by atomic mass is 10.1. The zero-order chi connectivity index (χ0) is 15.6. The van der Waals surface area contributed by atoms with Crippen LogP contribution in [-0.2, 0) is 9.59 Å². The van der Waals surface area contributed by atoms with Crippen LogP contribution in [0.3, 0.4) is 0 Å². The number of nitrogens with zero attached hydrogens (tertiary/aromatic N) is 1. The largest absolute Gasteiger partial charge is 0.305 e. The number of benzene rings is 1. The monoisotopic (exact) mass is 297 g/mol. The van der Waals surface area contributed by atoms with Crippen LogP contribution in [0.2, 0.25) is 0 Å². The Bertz CT molecular complexity index is 619. The maximum Gasteiger partial charge on any atom is 0.299 e. The average molecular weight is 297 g/mol. The molecule has 2 amide bonds. The predicted octanol–water partition coefficient (Wildman–Crippen LogP) is 0.654. The molecule has 8 heteroatoms. The minimum absolute atomic E-state index is 0.0641. The molecule has 21 heavy (non-hydrogen) atoms. The van der Waals surface area contributed by atoms with E-state index in [2.05, 4.69) is 0 Å². The SMILES string of the molecule is NNC(=O)CCCCN1C(=O)C(=O)c2c(F)cc(F)cc21. The van der Waals surface area contributed by atoms with Gasteiger partial charge in [-0.2, -0.15) is 0 Å². The van der Waals surface area contributed by atoms with Crippen LogP contribution in [0.1, 0.15) is 29.6 Å². The summed E-state index contributed by atoms with van der Waals surface area (Å²) in [4.78, 5) is 35.5. The standard InChI is InChI=1S/C13H13F2N3O3/c14-7-5-8(15)11-9(6-7)18(13(21)12(11)20)4-2-1-3-10(19)17-16/h5-6H,1-4,16H2,(H,17,19). The summed E-state index contributed by atoms with van der Waals surface area (Å²) in [5, 5.41) is 0. The molecule has 0 bridgehead atoms. The second-order valence-corrected chi connectivity index (χ2v) is 4.59. The summed E-state index contributed by atoms with van der Waals surface area (Å²) in [6.07, 6.45) is 0.981. The smallest absolute Gasteiger partial charge is 0.299 e. The molecule has 1 aliphatic rings. The maximum absolute atomic E-state index is 13.6. The van der Waals surface area contributed by atoms with E-state index in [9.17, 15) is 23.2 Å². The molecule has 0 aliphatic carbocycles. The van der Waals surface area contributed by atoms with Gasteiger partial charge in [-0.25, -0.2) is 14.6 Å². The molecule has 6 nitrogen and oxygen atoms in total. The molecule has 2 rings (SSSR count). The Hall–Kier alpha value is -2.35. The summed E-state index contributed by atoms with van der Waals surface area (Å²) in [6, 6.07) is 1.52. The second kappa shape index (κ2) is 5.96. The van der Waals surface area contributed by atoms with Crippen LogP contribution >= 0.6 is 0 Å². The number of amides is 2. The number of halogens is 2. The number of nitrogens with one attached hydrogen (secondary N) is 1. The minimum atomic E-state index is -1.05. The second-order valence-electron chi connectivity index (χ2n) is 4.59. The van der Waals surface area contributed by atoms with Crippen molar-refractivity contribution in [3.8, 4) is 0 Å². The molecular formula is C13H13F2N3O3. The van der Waals surface area contributed by atoms with E-state index in [0.29, 0.717) is 18.9 Å². The Balaban J connectivity index is 2.10. The number of ketones is 1. The number of hydrogen-bond acceptors (Lipinski definition) is 4. The molecule has 0 radical (unpaired) electrons. The summed E-state index contributed by atoms with van der Waals surface area (Å²) in [7, 11) is 0. The summed E-state index contributed by atoms with van der Waals surface area (Å²) >= 11 is 0. The normalized spacial score (nSPS) is 13.6. The number of unbranched alkanes of at least 4 members (excludes halogenated alkanes) is 1. The van der Waals surface area contributed by atoms with E-state index in [1.807, 2.05) is 5.43 Å². The van der Waals surface area contributed by atoms with Crippen molar-refractivity contribution in [2.24, 2.45) is 5.84 Å². The van der Waals surface area contributed by atoms with Crippen molar-refractivity contribution in [3.63, 3.8) is 0 Å². The highest BCUT2D eigenvalue weighted by molar-refractivity contribution is 6.52. The third-order valence-corrected chi connectivity index (χ3v) is 3.19. The quantitative estimate of drug-likeness (QED) is 0.274. The molecule has 1 aromatic carbocycles. The van der Waals surface area contributed by atoms with Gasteiger partial charge in [0.25, 0.3) is 11.7 Å². The fourth-order valence-corrected chi connectivity index (χ4v) is 2.19. The first-order valence-corrected chi connectivity index (χ1v) is 6.30. The van der Waals surface area contributed by atoms with Gasteiger partial charge in [0.2, 0.25) is 5.91 Å². The van der Waals surface area contributed by atoms with Crippen LogP contribution in [0.5, 0.6) is 0 Å². The average Bonchev–Trinajstić information content (AvgIpc) is 2.67. The molecular weight excluding hydrogens is 284 g/mol. The predicted molar refractivity (Wildman–Crippen MR) is 69.2 cm³/mol. The van der Waals surface area contributed by atoms with Crippen molar-refractivity contribution in [1.82, 2.24) is 5.43 Å². The van der Waals surface area contributed by atoms with Gasteiger partial charge in [-0.05, 0) is 18.9 Å². The Kier molecular flexibility index (Phi) is 4.27. The number of nitrogens with two attached hydrogens (primary N) is 1. The first kappa shape index (κ1) is 15.0.